The Bertz CT molecular complexity index is 557. The van der Waals surface area contributed by atoms with Crippen molar-refractivity contribution in [1.82, 2.24) is 0 Å². The summed E-state index contributed by atoms with van der Waals surface area (Å²) in [4.78, 5) is 0. The van der Waals surface area contributed by atoms with Gasteiger partial charge in [-0.15, -0.1) is 0 Å². The first-order valence-corrected chi connectivity index (χ1v) is 5.89. The van der Waals surface area contributed by atoms with Crippen molar-refractivity contribution in [2.45, 2.75) is 12.5 Å². The van der Waals surface area contributed by atoms with E-state index in [1.807, 2.05) is 12.1 Å². The van der Waals surface area contributed by atoms with Crippen molar-refractivity contribution in [3.63, 3.8) is 0 Å². The van der Waals surface area contributed by atoms with Crippen molar-refractivity contribution >= 4 is 11.6 Å². The number of rotatable bonds is 3. The highest BCUT2D eigenvalue weighted by atomic mass is 35.5. The van der Waals surface area contributed by atoms with Crippen LogP contribution in [0.5, 0.6) is 0 Å². The molecular formula is C14H12ClF2N. The highest BCUT2D eigenvalue weighted by Crippen LogP contribution is 2.20. The standard InChI is InChI=1S/C14H12ClF2N/c15-11-3-1-2-10(8-11)14(18)7-9-4-5-12(16)13(17)6-9/h1-6,8,14H,7,18H2. The lowest BCUT2D eigenvalue weighted by atomic mass is 10.00. The minimum atomic E-state index is -0.856. The number of nitrogens with two attached hydrogens (primary N) is 1. The van der Waals surface area contributed by atoms with Crippen molar-refractivity contribution in [2.24, 2.45) is 5.73 Å². The molecule has 2 N–H and O–H groups in total. The summed E-state index contributed by atoms with van der Waals surface area (Å²) < 4.78 is 25.8. The van der Waals surface area contributed by atoms with Gasteiger partial charge in [0.25, 0.3) is 0 Å². The van der Waals surface area contributed by atoms with Gasteiger partial charge in [0.05, 0.1) is 0 Å². The minimum absolute atomic E-state index is 0.298. The molecule has 0 saturated carbocycles. The van der Waals surface area contributed by atoms with E-state index in [1.54, 1.807) is 12.1 Å². The lowest BCUT2D eigenvalue weighted by Gasteiger charge is -2.12. The molecule has 2 rings (SSSR count). The first kappa shape index (κ1) is 13.0. The lowest BCUT2D eigenvalue weighted by Crippen LogP contribution is -2.13. The maximum Gasteiger partial charge on any atom is 0.159 e. The van der Waals surface area contributed by atoms with Gasteiger partial charge in [0, 0.05) is 11.1 Å². The summed E-state index contributed by atoms with van der Waals surface area (Å²) in [5, 5.41) is 0.605. The van der Waals surface area contributed by atoms with Crippen LogP contribution >= 0.6 is 11.6 Å². The summed E-state index contributed by atoms with van der Waals surface area (Å²) >= 11 is 5.87. The summed E-state index contributed by atoms with van der Waals surface area (Å²) in [6.07, 6.45) is 0.428. The van der Waals surface area contributed by atoms with Crippen molar-refractivity contribution < 1.29 is 8.78 Å². The van der Waals surface area contributed by atoms with E-state index in [2.05, 4.69) is 0 Å². The van der Waals surface area contributed by atoms with Gasteiger partial charge in [0.15, 0.2) is 11.6 Å². The molecule has 0 saturated heterocycles. The van der Waals surface area contributed by atoms with Gasteiger partial charge in [-0.2, -0.15) is 0 Å². The lowest BCUT2D eigenvalue weighted by molar-refractivity contribution is 0.506. The molecule has 0 aromatic heterocycles. The van der Waals surface area contributed by atoms with E-state index < -0.39 is 11.6 Å². The molecule has 1 unspecified atom stereocenters. The van der Waals surface area contributed by atoms with Gasteiger partial charge in [-0.25, -0.2) is 8.78 Å². The molecule has 0 radical (unpaired) electrons. The van der Waals surface area contributed by atoms with Crippen LogP contribution in [-0.4, -0.2) is 0 Å². The molecule has 94 valence electrons. The van der Waals surface area contributed by atoms with E-state index >= 15 is 0 Å². The Morgan fingerprint density at radius 2 is 1.83 bits per heavy atom. The number of hydrogen-bond acceptors (Lipinski definition) is 1. The first-order valence-electron chi connectivity index (χ1n) is 5.51. The monoisotopic (exact) mass is 267 g/mol. The van der Waals surface area contributed by atoms with E-state index in [0.717, 1.165) is 11.6 Å². The summed E-state index contributed by atoms with van der Waals surface area (Å²) in [6.45, 7) is 0. The third-order valence-electron chi connectivity index (χ3n) is 2.72. The third-order valence-corrected chi connectivity index (χ3v) is 2.95. The zero-order valence-corrected chi connectivity index (χ0v) is 10.3. The Morgan fingerprint density at radius 1 is 1.06 bits per heavy atom. The number of benzene rings is 2. The van der Waals surface area contributed by atoms with E-state index in [0.29, 0.717) is 17.0 Å². The van der Waals surface area contributed by atoms with Crippen LogP contribution in [0.25, 0.3) is 0 Å². The maximum absolute atomic E-state index is 13.1. The average molecular weight is 268 g/mol. The highest BCUT2D eigenvalue weighted by Gasteiger charge is 2.09. The van der Waals surface area contributed by atoms with Gasteiger partial charge in [0.1, 0.15) is 0 Å². The smallest absolute Gasteiger partial charge is 0.159 e. The largest absolute Gasteiger partial charge is 0.324 e. The van der Waals surface area contributed by atoms with Gasteiger partial charge in [0.2, 0.25) is 0 Å². The normalized spacial score (nSPS) is 12.4. The van der Waals surface area contributed by atoms with Crippen molar-refractivity contribution in [2.75, 3.05) is 0 Å². The Morgan fingerprint density at radius 3 is 2.50 bits per heavy atom. The molecule has 0 spiro atoms. The molecule has 2 aromatic rings. The van der Waals surface area contributed by atoms with Crippen LogP contribution in [0, 0.1) is 11.6 Å². The summed E-state index contributed by atoms with van der Waals surface area (Å²) in [5.74, 6) is -1.71. The van der Waals surface area contributed by atoms with Crippen LogP contribution in [0.1, 0.15) is 17.2 Å². The average Bonchev–Trinajstić information content (AvgIpc) is 2.34. The summed E-state index contributed by atoms with van der Waals surface area (Å²) in [7, 11) is 0. The Balaban J connectivity index is 2.16. The Hall–Kier alpha value is -1.45. The van der Waals surface area contributed by atoms with Gasteiger partial charge < -0.3 is 5.73 Å². The molecule has 0 amide bonds. The molecule has 0 heterocycles. The molecule has 2 aromatic carbocycles. The molecule has 18 heavy (non-hydrogen) atoms. The van der Waals surface area contributed by atoms with Crippen LogP contribution in [0.2, 0.25) is 5.02 Å². The van der Waals surface area contributed by atoms with Crippen LogP contribution in [0.15, 0.2) is 42.5 Å². The molecule has 0 aliphatic rings. The second kappa shape index (κ2) is 5.46. The van der Waals surface area contributed by atoms with E-state index in [9.17, 15) is 8.78 Å². The van der Waals surface area contributed by atoms with E-state index in [1.165, 1.54) is 12.1 Å². The maximum atomic E-state index is 13.1. The van der Waals surface area contributed by atoms with Crippen LogP contribution in [0.4, 0.5) is 8.78 Å². The summed E-state index contributed by atoms with van der Waals surface area (Å²) in [6, 6.07) is 10.7. The number of hydrogen-bond donors (Lipinski definition) is 1. The van der Waals surface area contributed by atoms with Crippen LogP contribution in [-0.2, 0) is 6.42 Å². The van der Waals surface area contributed by atoms with Crippen molar-refractivity contribution in [1.29, 1.82) is 0 Å². The van der Waals surface area contributed by atoms with Gasteiger partial charge in [-0.3, -0.25) is 0 Å². The predicted octanol–water partition coefficient (Wildman–Crippen LogP) is 3.86. The molecule has 0 aliphatic carbocycles. The number of halogens is 3. The SMILES string of the molecule is NC(Cc1ccc(F)c(F)c1)c1cccc(Cl)c1. The Kier molecular flexibility index (Phi) is 3.94. The first-order chi connectivity index (χ1) is 8.56. The summed E-state index contributed by atoms with van der Waals surface area (Å²) in [5.41, 5.74) is 7.53. The predicted molar refractivity (Wildman–Crippen MR) is 68.4 cm³/mol. The molecule has 4 heteroatoms. The fourth-order valence-electron chi connectivity index (χ4n) is 1.78. The molecular weight excluding hydrogens is 256 g/mol. The van der Waals surface area contributed by atoms with E-state index in [-0.39, 0.29) is 6.04 Å². The zero-order valence-electron chi connectivity index (χ0n) is 9.54. The second-order valence-electron chi connectivity index (χ2n) is 4.11. The fourth-order valence-corrected chi connectivity index (χ4v) is 1.97. The second-order valence-corrected chi connectivity index (χ2v) is 4.55. The van der Waals surface area contributed by atoms with Crippen LogP contribution < -0.4 is 5.73 Å². The van der Waals surface area contributed by atoms with Crippen molar-refractivity contribution in [3.05, 3.63) is 70.2 Å². The van der Waals surface area contributed by atoms with Crippen molar-refractivity contribution in [3.8, 4) is 0 Å². The van der Waals surface area contributed by atoms with E-state index in [4.69, 9.17) is 17.3 Å². The quantitative estimate of drug-likeness (QED) is 0.898. The highest BCUT2D eigenvalue weighted by molar-refractivity contribution is 6.30. The molecule has 1 atom stereocenters. The van der Waals surface area contributed by atoms with Gasteiger partial charge >= 0.3 is 0 Å². The topological polar surface area (TPSA) is 26.0 Å². The molecule has 1 nitrogen and oxygen atoms in total. The van der Waals surface area contributed by atoms with Gasteiger partial charge in [-0.05, 0) is 41.8 Å². The molecule has 0 fully saturated rings. The minimum Gasteiger partial charge on any atom is -0.324 e. The molecule has 0 aliphatic heterocycles. The molecule has 0 bridgehead atoms. The fraction of sp³-hybridized carbons (Fsp3) is 0.143. The third kappa shape index (κ3) is 3.06. The van der Waals surface area contributed by atoms with Crippen LogP contribution in [0.3, 0.4) is 0 Å². The van der Waals surface area contributed by atoms with Gasteiger partial charge in [-0.1, -0.05) is 29.8 Å². The zero-order chi connectivity index (χ0) is 13.1. The Labute approximate surface area is 109 Å².